The Morgan fingerprint density at radius 1 is 1.03 bits per heavy atom. The molecule has 0 aliphatic carbocycles. The summed E-state index contributed by atoms with van der Waals surface area (Å²) < 4.78 is 5.12. The molecule has 0 bridgehead atoms. The van der Waals surface area contributed by atoms with Crippen LogP contribution in [0.15, 0.2) is 70.5 Å². The normalized spacial score (nSPS) is 11.2. The average Bonchev–Trinajstić information content (AvgIpc) is 3.53. The number of carbonyl (C=O) groups excluding carboxylic acids is 1. The third-order valence-corrected chi connectivity index (χ3v) is 5.79. The fraction of sp³-hybridized carbons (Fsp3) is 0. The lowest BCUT2D eigenvalue weighted by molar-refractivity contribution is -0.402. The SMILES string of the molecule is O=C(Nc1nc(C=Cc2ccc([N+](=O)[O-])o2)nc2ccccc12)c1csc(-c2ccccc2O)n1. The number of nitrogens with one attached hydrogen (secondary N) is 1. The molecule has 0 aliphatic rings. The van der Waals surface area contributed by atoms with Crippen LogP contribution < -0.4 is 5.32 Å². The number of amides is 1. The van der Waals surface area contributed by atoms with Crippen LogP contribution >= 0.6 is 11.3 Å². The maximum absolute atomic E-state index is 13.0. The van der Waals surface area contributed by atoms with E-state index in [-0.39, 0.29) is 34.7 Å². The van der Waals surface area contributed by atoms with Crippen molar-refractivity contribution >= 4 is 52.0 Å². The Morgan fingerprint density at radius 3 is 2.63 bits per heavy atom. The van der Waals surface area contributed by atoms with E-state index in [1.54, 1.807) is 47.8 Å². The number of furan rings is 1. The Kier molecular flexibility index (Phi) is 5.73. The summed E-state index contributed by atoms with van der Waals surface area (Å²) in [6, 6.07) is 16.6. The molecule has 0 spiro atoms. The topological polar surface area (TPSA) is 144 Å². The molecule has 3 heterocycles. The van der Waals surface area contributed by atoms with Crippen molar-refractivity contribution in [3.63, 3.8) is 0 Å². The van der Waals surface area contributed by atoms with Gasteiger partial charge in [-0.15, -0.1) is 11.3 Å². The summed E-state index contributed by atoms with van der Waals surface area (Å²) in [6.07, 6.45) is 3.03. The van der Waals surface area contributed by atoms with Gasteiger partial charge in [-0.3, -0.25) is 14.9 Å². The Balaban J connectivity index is 1.43. The number of anilines is 1. The van der Waals surface area contributed by atoms with E-state index >= 15 is 0 Å². The first-order valence-corrected chi connectivity index (χ1v) is 11.1. The van der Waals surface area contributed by atoms with Gasteiger partial charge in [0, 0.05) is 10.8 Å². The first kappa shape index (κ1) is 21.9. The summed E-state index contributed by atoms with van der Waals surface area (Å²) in [5.41, 5.74) is 1.31. The van der Waals surface area contributed by atoms with Crippen molar-refractivity contribution in [1.82, 2.24) is 15.0 Å². The van der Waals surface area contributed by atoms with Gasteiger partial charge >= 0.3 is 5.88 Å². The lowest BCUT2D eigenvalue weighted by Gasteiger charge is -2.08. The number of nitrogens with zero attached hydrogens (tertiary/aromatic N) is 4. The van der Waals surface area contributed by atoms with Crippen molar-refractivity contribution in [3.05, 3.63) is 93.4 Å². The van der Waals surface area contributed by atoms with Gasteiger partial charge in [-0.25, -0.2) is 15.0 Å². The van der Waals surface area contributed by atoms with Crippen molar-refractivity contribution in [2.75, 3.05) is 5.32 Å². The van der Waals surface area contributed by atoms with Crippen LogP contribution in [0.1, 0.15) is 22.1 Å². The minimum Gasteiger partial charge on any atom is -0.507 e. The molecule has 5 aromatic rings. The maximum Gasteiger partial charge on any atom is 0.433 e. The van der Waals surface area contributed by atoms with Gasteiger partial charge in [-0.05, 0) is 42.5 Å². The minimum atomic E-state index is -0.624. The number of para-hydroxylation sites is 2. The molecule has 0 radical (unpaired) electrons. The van der Waals surface area contributed by atoms with Crippen LogP contribution in [-0.2, 0) is 0 Å². The Hall–Kier alpha value is -4.90. The third kappa shape index (κ3) is 4.61. The van der Waals surface area contributed by atoms with Crippen LogP contribution in [0.5, 0.6) is 5.75 Å². The fourth-order valence-corrected chi connectivity index (χ4v) is 4.11. The smallest absolute Gasteiger partial charge is 0.433 e. The van der Waals surface area contributed by atoms with Gasteiger partial charge in [0.25, 0.3) is 5.91 Å². The number of benzene rings is 2. The summed E-state index contributed by atoms with van der Waals surface area (Å²) in [5, 5.41) is 26.4. The van der Waals surface area contributed by atoms with Crippen LogP contribution in [0.3, 0.4) is 0 Å². The lowest BCUT2D eigenvalue weighted by atomic mass is 10.2. The number of carbonyl (C=O) groups is 1. The molecule has 2 aromatic carbocycles. The summed E-state index contributed by atoms with van der Waals surface area (Å²) in [4.78, 5) is 36.4. The zero-order chi connectivity index (χ0) is 24.4. The predicted molar refractivity (Wildman–Crippen MR) is 131 cm³/mol. The molecule has 5 rings (SSSR count). The van der Waals surface area contributed by atoms with E-state index in [0.29, 0.717) is 21.5 Å². The number of phenols is 1. The quantitative estimate of drug-likeness (QED) is 0.241. The van der Waals surface area contributed by atoms with E-state index in [0.717, 1.165) is 0 Å². The largest absolute Gasteiger partial charge is 0.507 e. The Labute approximate surface area is 201 Å². The minimum absolute atomic E-state index is 0.0777. The van der Waals surface area contributed by atoms with Gasteiger partial charge in [-0.1, -0.05) is 24.3 Å². The van der Waals surface area contributed by atoms with Crippen molar-refractivity contribution < 1.29 is 19.2 Å². The third-order valence-electron chi connectivity index (χ3n) is 4.91. The number of hydrogen-bond acceptors (Lipinski definition) is 9. The van der Waals surface area contributed by atoms with Gasteiger partial charge in [-0.2, -0.15) is 0 Å². The second kappa shape index (κ2) is 9.15. The summed E-state index contributed by atoms with van der Waals surface area (Å²) in [7, 11) is 0. The number of rotatable bonds is 6. The van der Waals surface area contributed by atoms with E-state index in [2.05, 4.69) is 20.3 Å². The molecule has 0 unspecified atom stereocenters. The molecule has 2 N–H and O–H groups in total. The van der Waals surface area contributed by atoms with Crippen molar-refractivity contribution in [2.45, 2.75) is 0 Å². The second-order valence-corrected chi connectivity index (χ2v) is 8.08. The molecular formula is C24H15N5O5S. The van der Waals surface area contributed by atoms with E-state index in [1.165, 1.54) is 35.6 Å². The van der Waals surface area contributed by atoms with Gasteiger partial charge in [0.05, 0.1) is 17.1 Å². The first-order valence-electron chi connectivity index (χ1n) is 10.2. The number of hydrogen-bond donors (Lipinski definition) is 2. The monoisotopic (exact) mass is 485 g/mol. The highest BCUT2D eigenvalue weighted by atomic mass is 32.1. The second-order valence-electron chi connectivity index (χ2n) is 7.22. The zero-order valence-corrected chi connectivity index (χ0v) is 18.6. The van der Waals surface area contributed by atoms with E-state index < -0.39 is 10.8 Å². The molecule has 0 saturated heterocycles. The van der Waals surface area contributed by atoms with Crippen LogP contribution in [0.2, 0.25) is 0 Å². The van der Waals surface area contributed by atoms with Gasteiger partial charge in [0.2, 0.25) is 0 Å². The Bertz CT molecular complexity index is 1610. The Morgan fingerprint density at radius 2 is 1.83 bits per heavy atom. The van der Waals surface area contributed by atoms with Crippen LogP contribution in [-0.4, -0.2) is 30.9 Å². The molecule has 0 fully saturated rings. The average molecular weight is 485 g/mol. The van der Waals surface area contributed by atoms with E-state index in [4.69, 9.17) is 4.42 Å². The fourth-order valence-electron chi connectivity index (χ4n) is 3.28. The molecule has 0 saturated carbocycles. The summed E-state index contributed by atoms with van der Waals surface area (Å²) >= 11 is 1.24. The van der Waals surface area contributed by atoms with E-state index in [9.17, 15) is 20.0 Å². The highest BCUT2D eigenvalue weighted by Crippen LogP contribution is 2.31. The van der Waals surface area contributed by atoms with Crippen molar-refractivity contribution in [2.24, 2.45) is 0 Å². The molecule has 0 aliphatic heterocycles. The number of aromatic nitrogens is 3. The highest BCUT2D eigenvalue weighted by Gasteiger charge is 2.16. The van der Waals surface area contributed by atoms with Gasteiger partial charge < -0.3 is 14.8 Å². The van der Waals surface area contributed by atoms with Crippen LogP contribution in [0, 0.1) is 10.1 Å². The van der Waals surface area contributed by atoms with Crippen molar-refractivity contribution in [3.8, 4) is 16.3 Å². The number of fused-ring (bicyclic) bond motifs is 1. The molecule has 11 heteroatoms. The molecule has 172 valence electrons. The maximum atomic E-state index is 13.0. The number of phenolic OH excluding ortho intramolecular Hbond substituents is 1. The molecule has 10 nitrogen and oxygen atoms in total. The number of aromatic hydroxyl groups is 1. The predicted octanol–water partition coefficient (Wildman–Crippen LogP) is 5.38. The molecule has 35 heavy (non-hydrogen) atoms. The summed E-state index contributed by atoms with van der Waals surface area (Å²) in [6.45, 7) is 0. The van der Waals surface area contributed by atoms with Gasteiger partial charge in [0.1, 0.15) is 33.0 Å². The van der Waals surface area contributed by atoms with Crippen LogP contribution in [0.4, 0.5) is 11.7 Å². The first-order chi connectivity index (χ1) is 17.0. The van der Waals surface area contributed by atoms with E-state index in [1.807, 2.05) is 6.07 Å². The van der Waals surface area contributed by atoms with Crippen molar-refractivity contribution in [1.29, 1.82) is 0 Å². The zero-order valence-electron chi connectivity index (χ0n) is 17.8. The lowest BCUT2D eigenvalue weighted by Crippen LogP contribution is -2.14. The molecule has 3 aromatic heterocycles. The molecule has 0 atom stereocenters. The highest BCUT2D eigenvalue weighted by molar-refractivity contribution is 7.13. The molecule has 1 amide bonds. The van der Waals surface area contributed by atoms with Crippen LogP contribution in [0.25, 0.3) is 33.6 Å². The standard InChI is InChI=1S/C24H15N5O5S/c30-19-8-4-2-6-16(19)24-26-18(13-35-24)23(31)28-22-15-5-1-3-7-17(15)25-20(27-22)11-9-14-10-12-21(34-14)29(32)33/h1-13,30H,(H,25,27,28,31). The summed E-state index contributed by atoms with van der Waals surface area (Å²) in [5.74, 6) is 0.0491. The number of nitro groups is 1. The number of thiazole rings is 1. The van der Waals surface area contributed by atoms with Gasteiger partial charge in [0.15, 0.2) is 5.82 Å². The molecular weight excluding hydrogens is 470 g/mol.